The molecule has 1 aliphatic rings. The number of hydrogen-bond acceptors (Lipinski definition) is 4. The monoisotopic (exact) mass is 413 g/mol. The Labute approximate surface area is 173 Å². The number of phenols is 1. The molecule has 3 rings (SSSR count). The third-order valence-corrected chi connectivity index (χ3v) is 5.58. The summed E-state index contributed by atoms with van der Waals surface area (Å²) in [6, 6.07) is 14.1. The van der Waals surface area contributed by atoms with Crippen molar-refractivity contribution in [3.05, 3.63) is 93.5 Å². The van der Waals surface area contributed by atoms with Crippen molar-refractivity contribution >= 4 is 34.4 Å². The zero-order chi connectivity index (χ0) is 20.3. The molecule has 0 aliphatic carbocycles. The van der Waals surface area contributed by atoms with Crippen molar-refractivity contribution in [3.63, 3.8) is 0 Å². The van der Waals surface area contributed by atoms with Crippen LogP contribution in [0.1, 0.15) is 31.1 Å². The summed E-state index contributed by atoms with van der Waals surface area (Å²) < 4.78 is 5.53. The van der Waals surface area contributed by atoms with Gasteiger partial charge in [-0.2, -0.15) is 0 Å². The summed E-state index contributed by atoms with van der Waals surface area (Å²) in [5.41, 5.74) is 3.13. The molecule has 4 nitrogen and oxygen atoms in total. The summed E-state index contributed by atoms with van der Waals surface area (Å²) in [4.78, 5) is 14.3. The van der Waals surface area contributed by atoms with Crippen LogP contribution in [0, 0.1) is 0 Å². The molecule has 1 heterocycles. The third-order valence-electron chi connectivity index (χ3n) is 4.22. The van der Waals surface area contributed by atoms with Crippen LogP contribution in [-0.4, -0.2) is 11.2 Å². The first kappa shape index (κ1) is 20.1. The van der Waals surface area contributed by atoms with Crippen molar-refractivity contribution in [2.45, 2.75) is 20.0 Å². The van der Waals surface area contributed by atoms with Crippen LogP contribution in [0.3, 0.4) is 0 Å². The number of aromatic hydroxyl groups is 1. The summed E-state index contributed by atoms with van der Waals surface area (Å²) in [5, 5.41) is 13.0. The topological polar surface area (TPSA) is 58.6 Å². The summed E-state index contributed by atoms with van der Waals surface area (Å²) in [6.45, 7) is 7.69. The molecule has 2 aromatic rings. The number of rotatable bonds is 4. The molecular formula is C22H20ClNO3S. The van der Waals surface area contributed by atoms with Crippen LogP contribution in [0.25, 0.3) is 4.91 Å². The molecule has 2 aromatic carbocycles. The number of ether oxygens (including phenoxy) is 1. The Bertz CT molecular complexity index is 980. The van der Waals surface area contributed by atoms with Crippen LogP contribution in [0.15, 0.2) is 77.4 Å². The van der Waals surface area contributed by atoms with Crippen molar-refractivity contribution in [3.8, 4) is 5.75 Å². The Kier molecular flexibility index (Phi) is 6.17. The maximum absolute atomic E-state index is 12.6. The second-order valence-corrected chi connectivity index (χ2v) is 7.88. The van der Waals surface area contributed by atoms with Crippen molar-refractivity contribution in [2.75, 3.05) is 0 Å². The van der Waals surface area contributed by atoms with E-state index in [4.69, 9.17) is 16.3 Å². The number of phenolic OH excluding ortho intramolecular Hbond substituents is 1. The minimum Gasteiger partial charge on any atom is -0.508 e. The third kappa shape index (κ3) is 4.61. The van der Waals surface area contributed by atoms with E-state index in [9.17, 15) is 9.90 Å². The minimum atomic E-state index is -0.570. The predicted molar refractivity (Wildman–Crippen MR) is 115 cm³/mol. The highest BCUT2D eigenvalue weighted by Crippen LogP contribution is 2.42. The standard InChI is InChI=1S/C22H20ClNO3S/c1-13-12-14(2)28-21(16-8-10-17(25)11-9-16)20(13)24-22(26)27-15(3)18-6-4-5-7-19(18)23/h4-12,15,25H,2H2,1,3H3,(H,24,26)/t15-/m1/s1. The molecule has 0 fully saturated rings. The van der Waals surface area contributed by atoms with E-state index >= 15 is 0 Å². The second kappa shape index (κ2) is 8.59. The number of allylic oxidation sites excluding steroid dienone is 2. The predicted octanol–water partition coefficient (Wildman–Crippen LogP) is 6.41. The molecule has 0 bridgehead atoms. The van der Waals surface area contributed by atoms with Gasteiger partial charge in [-0.15, -0.1) is 0 Å². The number of halogens is 1. The van der Waals surface area contributed by atoms with E-state index in [2.05, 4.69) is 11.9 Å². The molecule has 6 heteroatoms. The van der Waals surface area contributed by atoms with Crippen molar-refractivity contribution in [1.82, 2.24) is 5.32 Å². The molecule has 28 heavy (non-hydrogen) atoms. The Morgan fingerprint density at radius 2 is 1.89 bits per heavy atom. The zero-order valence-electron chi connectivity index (χ0n) is 15.5. The van der Waals surface area contributed by atoms with Crippen LogP contribution >= 0.6 is 23.4 Å². The molecule has 1 atom stereocenters. The first-order valence-electron chi connectivity index (χ1n) is 8.66. The van der Waals surface area contributed by atoms with E-state index in [-0.39, 0.29) is 5.75 Å². The van der Waals surface area contributed by atoms with Gasteiger partial charge in [0.15, 0.2) is 0 Å². The molecule has 1 amide bonds. The Balaban J connectivity index is 1.84. The van der Waals surface area contributed by atoms with Crippen LogP contribution in [0.4, 0.5) is 4.79 Å². The van der Waals surface area contributed by atoms with Crippen LogP contribution in [0.2, 0.25) is 5.02 Å². The maximum Gasteiger partial charge on any atom is 0.412 e. The largest absolute Gasteiger partial charge is 0.508 e. The molecule has 144 valence electrons. The fourth-order valence-electron chi connectivity index (χ4n) is 2.84. The minimum absolute atomic E-state index is 0.179. The van der Waals surface area contributed by atoms with Gasteiger partial charge in [0.1, 0.15) is 11.9 Å². The number of hydrogen-bond donors (Lipinski definition) is 2. The lowest BCUT2D eigenvalue weighted by Gasteiger charge is -2.22. The van der Waals surface area contributed by atoms with Gasteiger partial charge in [-0.3, -0.25) is 5.32 Å². The van der Waals surface area contributed by atoms with Gasteiger partial charge in [0.05, 0.1) is 5.70 Å². The highest BCUT2D eigenvalue weighted by atomic mass is 35.5. The van der Waals surface area contributed by atoms with Gasteiger partial charge < -0.3 is 9.84 Å². The lowest BCUT2D eigenvalue weighted by atomic mass is 10.1. The van der Waals surface area contributed by atoms with E-state index < -0.39 is 12.2 Å². The van der Waals surface area contributed by atoms with Gasteiger partial charge >= 0.3 is 6.09 Å². The molecule has 0 saturated heterocycles. The number of carbonyl (C=O) groups excluding carboxylic acids is 1. The van der Waals surface area contributed by atoms with Crippen LogP contribution in [0.5, 0.6) is 5.75 Å². The molecule has 0 radical (unpaired) electrons. The van der Waals surface area contributed by atoms with E-state index in [1.807, 2.05) is 31.2 Å². The number of thioether (sulfide) groups is 1. The zero-order valence-corrected chi connectivity index (χ0v) is 17.1. The van der Waals surface area contributed by atoms with E-state index in [0.29, 0.717) is 10.7 Å². The highest BCUT2D eigenvalue weighted by molar-refractivity contribution is 8.12. The van der Waals surface area contributed by atoms with Gasteiger partial charge in [0.25, 0.3) is 0 Å². The van der Waals surface area contributed by atoms with E-state index in [0.717, 1.165) is 26.5 Å². The lowest BCUT2D eigenvalue weighted by molar-refractivity contribution is 0.110. The van der Waals surface area contributed by atoms with Gasteiger partial charge in [0.2, 0.25) is 0 Å². The van der Waals surface area contributed by atoms with Crippen LogP contribution in [-0.2, 0) is 4.74 Å². The smallest absolute Gasteiger partial charge is 0.412 e. The Morgan fingerprint density at radius 3 is 2.57 bits per heavy atom. The Hall–Kier alpha value is -2.63. The molecule has 0 spiro atoms. The van der Waals surface area contributed by atoms with Gasteiger partial charge in [-0.05, 0) is 49.3 Å². The molecular weight excluding hydrogens is 394 g/mol. The van der Waals surface area contributed by atoms with E-state index in [1.54, 1.807) is 37.3 Å². The van der Waals surface area contributed by atoms with Gasteiger partial charge in [-0.25, -0.2) is 4.79 Å². The van der Waals surface area contributed by atoms with Crippen LogP contribution < -0.4 is 5.32 Å². The van der Waals surface area contributed by atoms with Crippen molar-refractivity contribution < 1.29 is 14.6 Å². The fourth-order valence-corrected chi connectivity index (χ4v) is 4.19. The average molecular weight is 414 g/mol. The first-order valence-corrected chi connectivity index (χ1v) is 9.85. The number of carbonyl (C=O) groups is 1. The summed E-state index contributed by atoms with van der Waals surface area (Å²) in [7, 11) is 0. The lowest BCUT2D eigenvalue weighted by Crippen LogP contribution is -2.27. The number of amides is 1. The quantitative estimate of drug-likeness (QED) is 0.608. The second-order valence-electron chi connectivity index (χ2n) is 6.34. The average Bonchev–Trinajstić information content (AvgIpc) is 2.64. The first-order chi connectivity index (χ1) is 13.3. The molecule has 0 saturated carbocycles. The fraction of sp³-hybridized carbons (Fsp3) is 0.136. The summed E-state index contributed by atoms with van der Waals surface area (Å²) >= 11 is 7.64. The Morgan fingerprint density at radius 1 is 1.21 bits per heavy atom. The molecule has 1 aliphatic heterocycles. The van der Waals surface area contributed by atoms with Gasteiger partial charge in [0, 0.05) is 20.4 Å². The molecule has 0 aromatic heterocycles. The SMILES string of the molecule is C=C1C=C(C)C(NC(=O)O[C@H](C)c2ccccc2Cl)=C(c2ccc(O)cc2)S1. The van der Waals surface area contributed by atoms with Gasteiger partial charge in [-0.1, -0.05) is 60.3 Å². The van der Waals surface area contributed by atoms with Crippen molar-refractivity contribution in [2.24, 2.45) is 0 Å². The molecule has 0 unspecified atom stereocenters. The number of alkyl carbamates (subject to hydrolysis) is 1. The summed E-state index contributed by atoms with van der Waals surface area (Å²) in [5.74, 6) is 0.179. The van der Waals surface area contributed by atoms with Crippen molar-refractivity contribution in [1.29, 1.82) is 0 Å². The number of benzene rings is 2. The number of nitrogens with one attached hydrogen (secondary N) is 1. The maximum atomic E-state index is 12.6. The van der Waals surface area contributed by atoms with E-state index in [1.165, 1.54) is 11.8 Å². The molecule has 2 N–H and O–H groups in total. The normalized spacial score (nSPS) is 15.1. The highest BCUT2D eigenvalue weighted by Gasteiger charge is 2.22. The summed E-state index contributed by atoms with van der Waals surface area (Å²) in [6.07, 6.45) is 0.836.